The minimum absolute atomic E-state index is 0.00261. The molecule has 3 fully saturated rings. The third kappa shape index (κ3) is 43.3. The van der Waals surface area contributed by atoms with Crippen molar-refractivity contribution in [3.05, 3.63) is 0 Å². The van der Waals surface area contributed by atoms with Crippen molar-refractivity contribution in [1.29, 1.82) is 0 Å². The quantitative estimate of drug-likeness (QED) is 0.0252. The van der Waals surface area contributed by atoms with Crippen molar-refractivity contribution in [2.75, 3.05) is 211 Å². The minimum atomic E-state index is -1.46. The van der Waals surface area contributed by atoms with E-state index in [4.69, 9.17) is 86.3 Å². The Labute approximate surface area is 636 Å². The van der Waals surface area contributed by atoms with Gasteiger partial charge in [-0.1, -0.05) is 25.7 Å². The Morgan fingerprint density at radius 1 is 0.330 bits per heavy atom. The van der Waals surface area contributed by atoms with Crippen LogP contribution >= 0.6 is 0 Å². The molecule has 0 spiro atoms. The Kier molecular flexibility index (Phi) is 54.9. The standard InChI is InChI=1S/C68H126N8O33/c1-46(80)73-56-62(90)59(87)49(40-77)107-65(56)104-18-9-7-5-4-6-8-15-70-52(83)10-20-101-43-68(76-55(86)13-19-93-26-30-97-34-35-98-31-27-94-23-14-69,44-102-21-11-53(84)71-16-24-95-28-32-99-36-38-105-66-57(74-47(2)81)63(91)60(88)50(41-78)108-66)45-103-22-12-54(85)72-17-25-96-29-33-100-37-39-106-67-58(75-48(3)82)64(92)61(89)51(42-79)109-67/h49-51,56-67,77-79,87-92H,4-45,69H2,1-3H3,(H,70,83)(H,71,84)(H,72,85)(H,73,80)(H,74,81)(H,75,82)(H,76,86). The van der Waals surface area contributed by atoms with Crippen LogP contribution in [0.2, 0.25) is 0 Å². The summed E-state index contributed by atoms with van der Waals surface area (Å²) in [7, 11) is 0. The molecule has 15 unspecified atom stereocenters. The zero-order valence-electron chi connectivity index (χ0n) is 63.3. The number of nitrogens with two attached hydrogens (primary N) is 1. The zero-order chi connectivity index (χ0) is 79.9. The van der Waals surface area contributed by atoms with Gasteiger partial charge >= 0.3 is 0 Å². The molecule has 41 heteroatoms. The molecule has 3 heterocycles. The number of aliphatic hydroxyl groups excluding tert-OH is 9. The number of hydrogen-bond acceptors (Lipinski definition) is 34. The SMILES string of the molecule is CC(=O)NC1C(OCCCCCCCCNC(=O)CCOCC(COCCC(=O)NCCOCCOCCOC2OC(CO)C(O)C(O)C2NC(C)=O)(COCCC(=O)NCCOCCOCCOC2OC(CO)C(O)C(O)C2NC(C)=O)NC(=O)CCOCCOCCOCCOCCN)OC(CO)C(O)C1O. The molecular formula is C68H126N8O33. The summed E-state index contributed by atoms with van der Waals surface area (Å²) in [5, 5.41) is 110. The highest BCUT2D eigenvalue weighted by Gasteiger charge is 2.48. The molecule has 0 radical (unpaired) electrons. The van der Waals surface area contributed by atoms with E-state index >= 15 is 0 Å². The van der Waals surface area contributed by atoms with Gasteiger partial charge in [0.15, 0.2) is 18.9 Å². The van der Waals surface area contributed by atoms with E-state index in [-0.39, 0.29) is 189 Å². The maximum absolute atomic E-state index is 13.8. The van der Waals surface area contributed by atoms with Gasteiger partial charge in [-0.3, -0.25) is 33.6 Å². The van der Waals surface area contributed by atoms with Crippen molar-refractivity contribution in [3.63, 3.8) is 0 Å². The van der Waals surface area contributed by atoms with Crippen LogP contribution in [0.15, 0.2) is 0 Å². The van der Waals surface area contributed by atoms with E-state index in [1.807, 2.05) is 0 Å². The molecule has 41 nitrogen and oxygen atoms in total. The van der Waals surface area contributed by atoms with Crippen LogP contribution in [-0.2, 0) is 114 Å². The summed E-state index contributed by atoms with van der Waals surface area (Å²) >= 11 is 0. The molecule has 18 N–H and O–H groups in total. The second-order valence-electron chi connectivity index (χ2n) is 25.8. The highest BCUT2D eigenvalue weighted by molar-refractivity contribution is 5.78. The molecule has 0 bridgehead atoms. The van der Waals surface area contributed by atoms with E-state index < -0.39 is 141 Å². The highest BCUT2D eigenvalue weighted by atomic mass is 16.7. The number of aliphatic hydroxyl groups is 9. The summed E-state index contributed by atoms with van der Waals surface area (Å²) in [6.07, 6.45) is -11.2. The Morgan fingerprint density at radius 3 is 0.963 bits per heavy atom. The monoisotopic (exact) mass is 1580 g/mol. The fourth-order valence-corrected chi connectivity index (χ4v) is 11.0. The lowest BCUT2D eigenvalue weighted by molar-refractivity contribution is -0.272. The van der Waals surface area contributed by atoms with Crippen LogP contribution in [0.3, 0.4) is 0 Å². The molecule has 3 aliphatic heterocycles. The molecule has 3 rings (SSSR count). The van der Waals surface area contributed by atoms with Crippen LogP contribution < -0.4 is 43.0 Å². The predicted octanol–water partition coefficient (Wildman–Crippen LogP) is -7.89. The van der Waals surface area contributed by atoms with Gasteiger partial charge in [-0.05, 0) is 12.8 Å². The van der Waals surface area contributed by atoms with E-state index in [1.54, 1.807) is 0 Å². The van der Waals surface area contributed by atoms with Gasteiger partial charge in [0.1, 0.15) is 78.6 Å². The second kappa shape index (κ2) is 60.8. The smallest absolute Gasteiger partial charge is 0.222 e. The Morgan fingerprint density at radius 2 is 0.615 bits per heavy atom. The van der Waals surface area contributed by atoms with Crippen LogP contribution in [-0.4, -0.2) is 396 Å². The molecule has 636 valence electrons. The average Bonchev–Trinajstić information content (AvgIpc) is 0.823. The first-order valence-electron chi connectivity index (χ1n) is 37.3. The van der Waals surface area contributed by atoms with Gasteiger partial charge in [0.25, 0.3) is 0 Å². The second-order valence-corrected chi connectivity index (χ2v) is 25.8. The summed E-state index contributed by atoms with van der Waals surface area (Å²) in [5.74, 6) is -2.97. The Hall–Kier alpha value is -4.79. The lowest BCUT2D eigenvalue weighted by Gasteiger charge is -2.42. The molecule has 0 saturated carbocycles. The van der Waals surface area contributed by atoms with Gasteiger partial charge in [0.2, 0.25) is 41.4 Å². The largest absolute Gasteiger partial charge is 0.394 e. The van der Waals surface area contributed by atoms with Gasteiger partial charge in [-0.25, -0.2) is 0 Å². The van der Waals surface area contributed by atoms with Crippen molar-refractivity contribution >= 4 is 41.4 Å². The van der Waals surface area contributed by atoms with Crippen LogP contribution in [0, 0.1) is 0 Å². The Bertz CT molecular complexity index is 2210. The lowest BCUT2D eigenvalue weighted by Crippen LogP contribution is -2.64. The first-order valence-corrected chi connectivity index (χ1v) is 37.3. The molecular weight excluding hydrogens is 1460 g/mol. The van der Waals surface area contributed by atoms with Gasteiger partial charge < -0.3 is 169 Å². The first-order chi connectivity index (χ1) is 52.6. The molecule has 109 heavy (non-hydrogen) atoms. The number of hydrogen-bond donors (Lipinski definition) is 17. The number of ether oxygens (including phenoxy) is 17. The number of carbonyl (C=O) groups excluding carboxylic acids is 7. The maximum atomic E-state index is 13.8. The van der Waals surface area contributed by atoms with Gasteiger partial charge in [-0.15, -0.1) is 0 Å². The molecule has 3 saturated heterocycles. The number of nitrogens with one attached hydrogen (secondary N) is 7. The summed E-state index contributed by atoms with van der Waals surface area (Å²) in [6, 6.07) is -3.23. The van der Waals surface area contributed by atoms with Crippen molar-refractivity contribution in [2.45, 2.75) is 182 Å². The normalized spacial score (nSPS) is 24.7. The highest BCUT2D eigenvalue weighted by Crippen LogP contribution is 2.25. The zero-order valence-corrected chi connectivity index (χ0v) is 63.3. The van der Waals surface area contributed by atoms with Crippen LogP contribution in [0.1, 0.15) is 85.0 Å². The van der Waals surface area contributed by atoms with Crippen LogP contribution in [0.4, 0.5) is 0 Å². The molecule has 0 aromatic rings. The fraction of sp³-hybridized carbons (Fsp3) is 0.897. The molecule has 0 aliphatic carbocycles. The average molecular weight is 1580 g/mol. The Balaban J connectivity index is 1.54. The van der Waals surface area contributed by atoms with E-state index in [0.29, 0.717) is 59.0 Å². The van der Waals surface area contributed by atoms with Crippen LogP contribution in [0.25, 0.3) is 0 Å². The van der Waals surface area contributed by atoms with Gasteiger partial charge in [0.05, 0.1) is 178 Å². The van der Waals surface area contributed by atoms with E-state index in [1.165, 1.54) is 20.8 Å². The predicted molar refractivity (Wildman–Crippen MR) is 378 cm³/mol. The lowest BCUT2D eigenvalue weighted by atomic mass is 9.97. The molecule has 0 aromatic heterocycles. The van der Waals surface area contributed by atoms with Gasteiger partial charge in [-0.2, -0.15) is 0 Å². The van der Waals surface area contributed by atoms with Crippen molar-refractivity contribution in [1.82, 2.24) is 37.2 Å². The topological polar surface area (TPSA) is 569 Å². The third-order valence-electron chi connectivity index (χ3n) is 16.6. The van der Waals surface area contributed by atoms with E-state index in [9.17, 15) is 79.5 Å². The minimum Gasteiger partial charge on any atom is -0.394 e. The van der Waals surface area contributed by atoms with Crippen molar-refractivity contribution < 1.29 is 160 Å². The van der Waals surface area contributed by atoms with Crippen molar-refractivity contribution in [2.24, 2.45) is 5.73 Å². The van der Waals surface area contributed by atoms with Gasteiger partial charge in [0, 0.05) is 79.2 Å². The number of carbonyl (C=O) groups is 7. The molecule has 0 aromatic carbocycles. The maximum Gasteiger partial charge on any atom is 0.222 e. The van der Waals surface area contributed by atoms with E-state index in [2.05, 4.69) is 37.2 Å². The third-order valence-corrected chi connectivity index (χ3v) is 16.6. The molecule has 7 amide bonds. The fourth-order valence-electron chi connectivity index (χ4n) is 11.0. The number of rotatable bonds is 66. The number of amides is 7. The summed E-state index contributed by atoms with van der Waals surface area (Å²) < 4.78 is 96.2. The summed E-state index contributed by atoms with van der Waals surface area (Å²) in [5.41, 5.74) is 3.99. The molecule has 3 aliphatic rings. The van der Waals surface area contributed by atoms with Crippen LogP contribution in [0.5, 0.6) is 0 Å². The molecule has 15 atom stereocenters. The summed E-state index contributed by atoms with van der Waals surface area (Å²) in [4.78, 5) is 88.0. The first kappa shape index (κ1) is 98.4. The summed E-state index contributed by atoms with van der Waals surface area (Å²) in [6.45, 7) is 5.38. The van der Waals surface area contributed by atoms with E-state index in [0.717, 1.165) is 25.7 Å². The number of unbranched alkanes of at least 4 members (excludes halogenated alkanes) is 5. The van der Waals surface area contributed by atoms with Crippen molar-refractivity contribution in [3.8, 4) is 0 Å².